The van der Waals surface area contributed by atoms with Gasteiger partial charge in [-0.15, -0.1) is 5.10 Å². The van der Waals surface area contributed by atoms with E-state index in [0.29, 0.717) is 28.2 Å². The number of halogens is 1. The smallest absolute Gasteiger partial charge is 0.336 e. The highest BCUT2D eigenvalue weighted by atomic mass is 79.9. The van der Waals surface area contributed by atoms with Crippen LogP contribution in [0, 0.1) is 0 Å². The lowest BCUT2D eigenvalue weighted by molar-refractivity contribution is 0.0697. The van der Waals surface area contributed by atoms with Crippen LogP contribution in [0.4, 0.5) is 5.69 Å². The van der Waals surface area contributed by atoms with Crippen molar-refractivity contribution in [3.05, 3.63) is 88.8 Å². The van der Waals surface area contributed by atoms with Crippen molar-refractivity contribution in [3.63, 3.8) is 0 Å². The molecule has 8 nitrogen and oxygen atoms in total. The molecule has 9 heteroatoms. The minimum Gasteiger partial charge on any atom is -0.478 e. The molecule has 1 amide bonds. The molecule has 0 fully saturated rings. The molecular weight excluding hydrogens is 450 g/mol. The van der Waals surface area contributed by atoms with E-state index in [9.17, 15) is 14.7 Å². The van der Waals surface area contributed by atoms with Gasteiger partial charge < -0.3 is 10.4 Å². The number of aromatic carboxylic acids is 1. The van der Waals surface area contributed by atoms with Gasteiger partial charge in [0.15, 0.2) is 0 Å². The summed E-state index contributed by atoms with van der Waals surface area (Å²) in [6, 6.07) is 15.5. The summed E-state index contributed by atoms with van der Waals surface area (Å²) in [5.74, 6) is -1.31. The lowest BCUT2D eigenvalue weighted by Gasteiger charge is -2.07. The number of carbonyl (C=O) groups is 2. The number of amides is 1. The van der Waals surface area contributed by atoms with Crippen molar-refractivity contribution in [2.75, 3.05) is 5.32 Å². The summed E-state index contributed by atoms with van der Waals surface area (Å²) in [4.78, 5) is 27.8. The van der Waals surface area contributed by atoms with Crippen LogP contribution in [0.1, 0.15) is 20.7 Å². The number of carboxylic acids is 1. The number of rotatable bonds is 5. The number of hydrogen-bond donors (Lipinski definition) is 2. The summed E-state index contributed by atoms with van der Waals surface area (Å²) in [5.41, 5.74) is 2.62. The van der Waals surface area contributed by atoms with Gasteiger partial charge in [0.1, 0.15) is 5.69 Å². The molecule has 0 atom stereocenters. The number of benzene rings is 2. The Labute approximate surface area is 179 Å². The van der Waals surface area contributed by atoms with Gasteiger partial charge in [0.05, 0.1) is 17.4 Å². The summed E-state index contributed by atoms with van der Waals surface area (Å²) >= 11 is 3.34. The largest absolute Gasteiger partial charge is 0.478 e. The molecule has 30 heavy (non-hydrogen) atoms. The van der Waals surface area contributed by atoms with E-state index in [2.05, 4.69) is 36.5 Å². The second kappa shape index (κ2) is 8.26. The zero-order chi connectivity index (χ0) is 21.1. The van der Waals surface area contributed by atoms with Crippen molar-refractivity contribution >= 4 is 33.5 Å². The monoisotopic (exact) mass is 463 g/mol. The van der Waals surface area contributed by atoms with E-state index in [0.717, 1.165) is 4.47 Å². The van der Waals surface area contributed by atoms with E-state index >= 15 is 0 Å². The van der Waals surface area contributed by atoms with Crippen molar-refractivity contribution in [2.24, 2.45) is 0 Å². The Kier molecular flexibility index (Phi) is 5.36. The number of anilines is 1. The fraction of sp³-hybridized carbons (Fsp3) is 0. The summed E-state index contributed by atoms with van der Waals surface area (Å²) in [6.45, 7) is 0. The van der Waals surface area contributed by atoms with Gasteiger partial charge in [-0.1, -0.05) is 27.2 Å². The number of carboxylic acid groups (broad SMARTS) is 1. The lowest BCUT2D eigenvalue weighted by Crippen LogP contribution is -2.12. The molecule has 0 aliphatic heterocycles. The average molecular weight is 464 g/mol. The normalized spacial score (nSPS) is 10.6. The minimum atomic E-state index is -1.07. The maximum atomic E-state index is 12.4. The third-order valence-electron chi connectivity index (χ3n) is 4.30. The third kappa shape index (κ3) is 4.11. The first-order chi connectivity index (χ1) is 14.5. The van der Waals surface area contributed by atoms with Crippen molar-refractivity contribution in [2.45, 2.75) is 0 Å². The average Bonchev–Trinajstić information content (AvgIpc) is 3.24. The molecular formula is C21H14BrN5O3. The number of pyridine rings is 1. The molecule has 0 saturated carbocycles. The third-order valence-corrected chi connectivity index (χ3v) is 4.82. The fourth-order valence-corrected chi connectivity index (χ4v) is 3.09. The van der Waals surface area contributed by atoms with Gasteiger partial charge >= 0.3 is 5.97 Å². The molecule has 2 heterocycles. The topological polar surface area (TPSA) is 110 Å². The summed E-state index contributed by atoms with van der Waals surface area (Å²) < 4.78 is 2.39. The van der Waals surface area contributed by atoms with Crippen molar-refractivity contribution in [3.8, 4) is 16.9 Å². The zero-order valence-corrected chi connectivity index (χ0v) is 16.9. The van der Waals surface area contributed by atoms with Crippen molar-refractivity contribution in [1.82, 2.24) is 20.0 Å². The lowest BCUT2D eigenvalue weighted by atomic mass is 10.1. The molecule has 2 N–H and O–H groups in total. The van der Waals surface area contributed by atoms with Gasteiger partial charge in [-0.25, -0.2) is 9.48 Å². The number of aromatic nitrogens is 4. The number of hydrogen-bond acceptors (Lipinski definition) is 5. The first-order valence-electron chi connectivity index (χ1n) is 8.78. The van der Waals surface area contributed by atoms with E-state index in [4.69, 9.17) is 0 Å². The predicted molar refractivity (Wildman–Crippen MR) is 114 cm³/mol. The predicted octanol–water partition coefficient (Wildman–Crippen LogP) is 4.04. The van der Waals surface area contributed by atoms with E-state index in [1.165, 1.54) is 23.1 Å². The van der Waals surface area contributed by atoms with Crippen LogP contribution in [0.25, 0.3) is 16.9 Å². The highest BCUT2D eigenvalue weighted by Crippen LogP contribution is 2.22. The Morgan fingerprint density at radius 2 is 1.87 bits per heavy atom. The molecule has 0 aliphatic rings. The molecule has 2 aromatic carbocycles. The molecule has 148 valence electrons. The molecule has 0 unspecified atom stereocenters. The van der Waals surface area contributed by atoms with Crippen molar-refractivity contribution < 1.29 is 14.7 Å². The molecule has 0 spiro atoms. The van der Waals surface area contributed by atoms with Crippen LogP contribution >= 0.6 is 15.9 Å². The Morgan fingerprint density at radius 3 is 2.63 bits per heavy atom. The van der Waals surface area contributed by atoms with Gasteiger partial charge in [0.2, 0.25) is 0 Å². The summed E-state index contributed by atoms with van der Waals surface area (Å²) in [7, 11) is 0. The second-order valence-electron chi connectivity index (χ2n) is 6.29. The van der Waals surface area contributed by atoms with E-state index < -0.39 is 5.97 Å². The summed E-state index contributed by atoms with van der Waals surface area (Å²) in [6.07, 6.45) is 4.46. The van der Waals surface area contributed by atoms with Crippen LogP contribution in [-0.4, -0.2) is 37.0 Å². The molecule has 2 aromatic heterocycles. The molecule has 4 aromatic rings. The Balaban J connectivity index is 1.59. The van der Waals surface area contributed by atoms with Crippen LogP contribution in [-0.2, 0) is 0 Å². The van der Waals surface area contributed by atoms with E-state index in [1.54, 1.807) is 54.7 Å². The number of nitrogens with one attached hydrogen (secondary N) is 1. The molecule has 4 rings (SSSR count). The molecule has 0 aliphatic carbocycles. The quantitative estimate of drug-likeness (QED) is 0.461. The highest BCUT2D eigenvalue weighted by molar-refractivity contribution is 9.10. The maximum Gasteiger partial charge on any atom is 0.336 e. The standard InChI is InChI=1S/C21H14BrN5O3/c22-14-6-4-13(5-7-14)20(28)24-15-2-1-3-16(10-15)27-12-19(25-26-27)18-11-23-9-8-17(18)21(29)30/h1-12H,(H,24,28)(H,29,30). The molecule has 0 radical (unpaired) electrons. The van der Waals surface area contributed by atoms with Gasteiger partial charge in [0.25, 0.3) is 5.91 Å². The van der Waals surface area contributed by atoms with Crippen LogP contribution in [0.2, 0.25) is 0 Å². The van der Waals surface area contributed by atoms with Gasteiger partial charge in [-0.2, -0.15) is 0 Å². The first kappa shape index (κ1) is 19.5. The zero-order valence-electron chi connectivity index (χ0n) is 15.4. The molecule has 0 bridgehead atoms. The number of nitrogens with zero attached hydrogens (tertiary/aromatic N) is 4. The van der Waals surface area contributed by atoms with Crippen molar-refractivity contribution in [1.29, 1.82) is 0 Å². The van der Waals surface area contributed by atoms with E-state index in [1.807, 2.05) is 0 Å². The first-order valence-corrected chi connectivity index (χ1v) is 9.58. The van der Waals surface area contributed by atoms with Gasteiger partial charge in [0, 0.05) is 33.7 Å². The Morgan fingerprint density at radius 1 is 1.07 bits per heavy atom. The second-order valence-corrected chi connectivity index (χ2v) is 7.20. The van der Waals surface area contributed by atoms with Crippen LogP contribution < -0.4 is 5.32 Å². The van der Waals surface area contributed by atoms with E-state index in [-0.39, 0.29) is 11.5 Å². The Bertz CT molecular complexity index is 1240. The van der Waals surface area contributed by atoms with Gasteiger partial charge in [-0.05, 0) is 48.5 Å². The highest BCUT2D eigenvalue weighted by Gasteiger charge is 2.15. The maximum absolute atomic E-state index is 12.4. The van der Waals surface area contributed by atoms with Gasteiger partial charge in [-0.3, -0.25) is 9.78 Å². The molecule has 0 saturated heterocycles. The SMILES string of the molecule is O=C(Nc1cccc(-n2cc(-c3cnccc3C(=O)O)nn2)c1)c1ccc(Br)cc1. The Hall–Kier alpha value is -3.85. The van der Waals surface area contributed by atoms with Crippen LogP contribution in [0.15, 0.2) is 77.7 Å². The summed E-state index contributed by atoms with van der Waals surface area (Å²) in [5, 5.41) is 20.4. The number of carbonyl (C=O) groups excluding carboxylic acids is 1. The van der Waals surface area contributed by atoms with Crippen LogP contribution in [0.5, 0.6) is 0 Å². The fourth-order valence-electron chi connectivity index (χ4n) is 2.83. The minimum absolute atomic E-state index is 0.0903. The van der Waals surface area contributed by atoms with Crippen LogP contribution in [0.3, 0.4) is 0 Å².